The van der Waals surface area contributed by atoms with Crippen molar-refractivity contribution in [1.82, 2.24) is 0 Å². The van der Waals surface area contributed by atoms with Crippen LogP contribution < -0.4 is 10.6 Å². The molecule has 5 heteroatoms. The van der Waals surface area contributed by atoms with Gasteiger partial charge in [-0.3, -0.25) is 0 Å². The summed E-state index contributed by atoms with van der Waals surface area (Å²) in [5, 5.41) is 0.738. The molecule has 2 saturated heterocycles. The zero-order valence-corrected chi connectivity index (χ0v) is 14.1. The van der Waals surface area contributed by atoms with Crippen molar-refractivity contribution in [2.45, 2.75) is 37.3 Å². The molecule has 1 aromatic carbocycles. The van der Waals surface area contributed by atoms with E-state index >= 15 is 0 Å². The number of hydrogen-bond acceptors (Lipinski definition) is 4. The maximum Gasteiger partial charge on any atom is 0.0717 e. The molecule has 3 nitrogen and oxygen atoms in total. The number of anilines is 2. The predicted molar refractivity (Wildman–Crippen MR) is 92.5 cm³/mol. The highest BCUT2D eigenvalue weighted by atomic mass is 35.5. The van der Waals surface area contributed by atoms with E-state index in [4.69, 9.17) is 22.1 Å². The highest BCUT2D eigenvalue weighted by molar-refractivity contribution is 7.99. The smallest absolute Gasteiger partial charge is 0.0717 e. The van der Waals surface area contributed by atoms with E-state index in [9.17, 15) is 0 Å². The largest absolute Gasteiger partial charge is 0.397 e. The maximum absolute atomic E-state index is 6.18. The van der Waals surface area contributed by atoms with Gasteiger partial charge < -0.3 is 15.4 Å². The van der Waals surface area contributed by atoms with Crippen LogP contribution in [0.25, 0.3) is 0 Å². The van der Waals surface area contributed by atoms with Crippen molar-refractivity contribution in [2.75, 3.05) is 35.8 Å². The third-order valence-corrected chi connectivity index (χ3v) is 6.01. The van der Waals surface area contributed by atoms with E-state index in [1.54, 1.807) is 0 Å². The van der Waals surface area contributed by atoms with Gasteiger partial charge in [-0.2, -0.15) is 11.8 Å². The molecule has 1 unspecified atom stereocenters. The lowest BCUT2D eigenvalue weighted by molar-refractivity contribution is -0.0892. The van der Waals surface area contributed by atoms with Crippen LogP contribution in [-0.4, -0.2) is 36.8 Å². The lowest BCUT2D eigenvalue weighted by atomic mass is 9.85. The fourth-order valence-corrected chi connectivity index (χ4v) is 4.85. The van der Waals surface area contributed by atoms with Gasteiger partial charge in [0.15, 0.2) is 0 Å². The van der Waals surface area contributed by atoms with Crippen LogP contribution in [-0.2, 0) is 4.74 Å². The minimum absolute atomic E-state index is 0.0930. The van der Waals surface area contributed by atoms with Crippen molar-refractivity contribution in [3.05, 3.63) is 23.2 Å². The van der Waals surface area contributed by atoms with Crippen molar-refractivity contribution < 1.29 is 4.74 Å². The highest BCUT2D eigenvalue weighted by Gasteiger charge is 2.40. The lowest BCUT2D eigenvalue weighted by Crippen LogP contribution is -2.49. The normalized spacial score (nSPS) is 25.0. The summed E-state index contributed by atoms with van der Waals surface area (Å²) in [5.41, 5.74) is 8.06. The summed E-state index contributed by atoms with van der Waals surface area (Å²) < 4.78 is 6.18. The third kappa shape index (κ3) is 3.27. The molecule has 3 rings (SSSR count). The van der Waals surface area contributed by atoms with Gasteiger partial charge in [-0.05, 0) is 55.4 Å². The average molecular weight is 327 g/mol. The van der Waals surface area contributed by atoms with Crippen molar-refractivity contribution in [3.8, 4) is 0 Å². The number of nitrogens with two attached hydrogens (primary N) is 1. The molecule has 0 aromatic heterocycles. The van der Waals surface area contributed by atoms with Crippen LogP contribution in [0.3, 0.4) is 0 Å². The fourth-order valence-electron chi connectivity index (χ4n) is 3.44. The Balaban J connectivity index is 1.77. The number of ether oxygens (including phenoxy) is 1. The highest BCUT2D eigenvalue weighted by Crippen LogP contribution is 2.40. The summed E-state index contributed by atoms with van der Waals surface area (Å²) >= 11 is 8.17. The Kier molecular flexibility index (Phi) is 4.57. The summed E-state index contributed by atoms with van der Waals surface area (Å²) in [7, 11) is 2.13. The number of halogens is 1. The second-order valence-electron chi connectivity index (χ2n) is 6.10. The van der Waals surface area contributed by atoms with Gasteiger partial charge in [-0.15, -0.1) is 0 Å². The van der Waals surface area contributed by atoms with E-state index in [0.29, 0.717) is 6.04 Å². The lowest BCUT2D eigenvalue weighted by Gasteiger charge is -2.46. The van der Waals surface area contributed by atoms with Crippen LogP contribution in [0.4, 0.5) is 11.4 Å². The summed E-state index contributed by atoms with van der Waals surface area (Å²) in [5.74, 6) is 2.44. The second-order valence-corrected chi connectivity index (χ2v) is 7.77. The standard InChI is InChI=1S/C16H23ClN2OS/c1-19(15-10-12(17)2-3-14(15)18)13-4-7-20-16(11-13)5-8-21-9-6-16/h2-3,10,13H,4-9,11,18H2,1H3. The van der Waals surface area contributed by atoms with Crippen molar-refractivity contribution in [1.29, 1.82) is 0 Å². The first-order valence-electron chi connectivity index (χ1n) is 7.59. The van der Waals surface area contributed by atoms with Gasteiger partial charge in [-0.25, -0.2) is 0 Å². The van der Waals surface area contributed by atoms with Gasteiger partial charge in [0.25, 0.3) is 0 Å². The number of rotatable bonds is 2. The summed E-state index contributed by atoms with van der Waals surface area (Å²) in [6.07, 6.45) is 4.49. The molecule has 0 saturated carbocycles. The number of thioether (sulfide) groups is 1. The van der Waals surface area contributed by atoms with Gasteiger partial charge in [0.05, 0.1) is 17.0 Å². The zero-order chi connectivity index (χ0) is 14.9. The monoisotopic (exact) mass is 326 g/mol. The summed E-state index contributed by atoms with van der Waals surface area (Å²) in [4.78, 5) is 2.30. The zero-order valence-electron chi connectivity index (χ0n) is 12.5. The molecule has 2 N–H and O–H groups in total. The molecule has 2 heterocycles. The summed E-state index contributed by atoms with van der Waals surface area (Å²) in [6.45, 7) is 0.847. The van der Waals surface area contributed by atoms with Crippen LogP contribution in [0.5, 0.6) is 0 Å². The number of nitrogen functional groups attached to an aromatic ring is 1. The Morgan fingerprint density at radius 3 is 2.90 bits per heavy atom. The maximum atomic E-state index is 6.18. The average Bonchev–Trinajstić information content (AvgIpc) is 2.50. The molecule has 1 aromatic rings. The summed E-state index contributed by atoms with van der Waals surface area (Å²) in [6, 6.07) is 6.18. The minimum atomic E-state index is 0.0930. The fraction of sp³-hybridized carbons (Fsp3) is 0.625. The molecule has 0 aliphatic carbocycles. The Hall–Kier alpha value is -0.580. The Morgan fingerprint density at radius 2 is 2.14 bits per heavy atom. The minimum Gasteiger partial charge on any atom is -0.397 e. The molecule has 2 aliphatic rings. The van der Waals surface area contributed by atoms with Crippen LogP contribution in [0, 0.1) is 0 Å². The first-order chi connectivity index (χ1) is 10.1. The molecule has 2 aliphatic heterocycles. The third-order valence-electron chi connectivity index (χ3n) is 4.79. The van der Waals surface area contributed by atoms with Gasteiger partial charge in [0.1, 0.15) is 0 Å². The molecule has 0 radical (unpaired) electrons. The number of nitrogens with zero attached hydrogens (tertiary/aromatic N) is 1. The molecular weight excluding hydrogens is 304 g/mol. The molecule has 1 spiro atoms. The quantitative estimate of drug-likeness (QED) is 0.839. The van der Waals surface area contributed by atoms with Gasteiger partial charge >= 0.3 is 0 Å². The van der Waals surface area contributed by atoms with E-state index < -0.39 is 0 Å². The van der Waals surface area contributed by atoms with Crippen molar-refractivity contribution in [3.63, 3.8) is 0 Å². The second kappa shape index (κ2) is 6.27. The molecule has 0 bridgehead atoms. The molecule has 0 amide bonds. The number of hydrogen-bond donors (Lipinski definition) is 1. The molecular formula is C16H23ClN2OS. The van der Waals surface area contributed by atoms with Gasteiger partial charge in [0.2, 0.25) is 0 Å². The van der Waals surface area contributed by atoms with Crippen molar-refractivity contribution >= 4 is 34.7 Å². The van der Waals surface area contributed by atoms with E-state index in [-0.39, 0.29) is 5.60 Å². The SMILES string of the molecule is CN(c1cc(Cl)ccc1N)C1CCOC2(CCSCC2)C1. The van der Waals surface area contributed by atoms with E-state index in [2.05, 4.69) is 11.9 Å². The van der Waals surface area contributed by atoms with Crippen LogP contribution >= 0.6 is 23.4 Å². The molecule has 1 atom stereocenters. The first kappa shape index (κ1) is 15.3. The number of benzene rings is 1. The predicted octanol–water partition coefficient (Wildman–Crippen LogP) is 3.80. The van der Waals surface area contributed by atoms with Gasteiger partial charge in [0, 0.05) is 24.7 Å². The molecule has 21 heavy (non-hydrogen) atoms. The van der Waals surface area contributed by atoms with Crippen LogP contribution in [0.1, 0.15) is 25.7 Å². The molecule has 116 valence electrons. The van der Waals surface area contributed by atoms with E-state index in [1.165, 1.54) is 24.3 Å². The topological polar surface area (TPSA) is 38.5 Å². The van der Waals surface area contributed by atoms with Gasteiger partial charge in [-0.1, -0.05) is 11.6 Å². The van der Waals surface area contributed by atoms with E-state index in [1.807, 2.05) is 30.0 Å². The van der Waals surface area contributed by atoms with Crippen molar-refractivity contribution in [2.24, 2.45) is 0 Å². The van der Waals surface area contributed by atoms with Crippen LogP contribution in [0.2, 0.25) is 5.02 Å². The Morgan fingerprint density at radius 1 is 1.38 bits per heavy atom. The first-order valence-corrected chi connectivity index (χ1v) is 9.12. The van der Waals surface area contributed by atoms with E-state index in [0.717, 1.165) is 35.8 Å². The molecule has 2 fully saturated rings. The Labute approximate surface area is 136 Å². The Bertz CT molecular complexity index is 500. The van der Waals surface area contributed by atoms with Crippen LogP contribution in [0.15, 0.2) is 18.2 Å².